The van der Waals surface area contributed by atoms with Gasteiger partial charge >= 0.3 is 0 Å². The summed E-state index contributed by atoms with van der Waals surface area (Å²) in [6, 6.07) is 8.76. The van der Waals surface area contributed by atoms with Crippen LogP contribution in [0, 0.1) is 0 Å². The van der Waals surface area contributed by atoms with Crippen LogP contribution in [0.5, 0.6) is 0 Å². The zero-order valence-corrected chi connectivity index (χ0v) is 17.2. The van der Waals surface area contributed by atoms with Gasteiger partial charge in [0.15, 0.2) is 0 Å². The maximum Gasteiger partial charge on any atom is 0.249 e. The van der Waals surface area contributed by atoms with Crippen LogP contribution < -0.4 is 5.73 Å². The first kappa shape index (κ1) is 20.1. The van der Waals surface area contributed by atoms with E-state index in [0.717, 1.165) is 57.6 Å². The highest BCUT2D eigenvalue weighted by Crippen LogP contribution is 2.42. The third-order valence-corrected chi connectivity index (χ3v) is 6.38. The van der Waals surface area contributed by atoms with Crippen molar-refractivity contribution in [1.82, 2.24) is 19.8 Å². The zero-order chi connectivity index (χ0) is 20.3. The third kappa shape index (κ3) is 3.95. The first-order chi connectivity index (χ1) is 14.2. The number of nitrogens with one attached hydrogen (secondary N) is 1. The number of ether oxygens (including phenoxy) is 1. The van der Waals surface area contributed by atoms with Crippen molar-refractivity contribution < 1.29 is 9.53 Å². The topological polar surface area (TPSA) is 87.5 Å². The number of carbonyl (C=O) groups excluding carboxylic acids is 1. The lowest BCUT2D eigenvalue weighted by Crippen LogP contribution is -2.58. The molecule has 0 unspecified atom stereocenters. The first-order valence-electron chi connectivity index (χ1n) is 10.5. The molecule has 2 aliphatic heterocycles. The van der Waals surface area contributed by atoms with E-state index in [0.29, 0.717) is 6.54 Å². The Balaban J connectivity index is 1.47. The summed E-state index contributed by atoms with van der Waals surface area (Å²) in [6.07, 6.45) is 5.30. The van der Waals surface area contributed by atoms with Crippen molar-refractivity contribution in [1.29, 1.82) is 0 Å². The SMILES string of the molecule is COCC(=O)N1CCc2[nH]cnc2C12CCN(Cc1ccc(CCN)cc1)CC2. The maximum atomic E-state index is 12.8. The number of rotatable bonds is 6. The van der Waals surface area contributed by atoms with Crippen LogP contribution in [-0.4, -0.2) is 65.6 Å². The molecule has 1 spiro atoms. The fraction of sp³-hybridized carbons (Fsp3) is 0.545. The number of H-pyrrole nitrogens is 1. The number of piperidine rings is 1. The van der Waals surface area contributed by atoms with Crippen LogP contribution in [0.1, 0.15) is 35.4 Å². The molecule has 7 nitrogen and oxygen atoms in total. The van der Waals surface area contributed by atoms with E-state index in [9.17, 15) is 4.79 Å². The lowest BCUT2D eigenvalue weighted by Gasteiger charge is -2.50. The highest BCUT2D eigenvalue weighted by atomic mass is 16.5. The first-order valence-corrected chi connectivity index (χ1v) is 10.5. The number of hydrogen-bond donors (Lipinski definition) is 2. The predicted octanol–water partition coefficient (Wildman–Crippen LogP) is 1.43. The standard InChI is InChI=1S/C22H31N5O2/c1-29-15-20(28)27-11-7-19-21(25-16-24-19)22(27)8-12-26(13-9-22)14-18-4-2-17(3-5-18)6-10-23/h2-5,16H,6-15,23H2,1H3,(H,24,25). The van der Waals surface area contributed by atoms with E-state index in [1.165, 1.54) is 16.8 Å². The molecule has 1 aromatic heterocycles. The maximum absolute atomic E-state index is 12.8. The Morgan fingerprint density at radius 3 is 2.62 bits per heavy atom. The molecule has 3 heterocycles. The minimum atomic E-state index is -0.315. The molecule has 0 radical (unpaired) electrons. The van der Waals surface area contributed by atoms with E-state index in [4.69, 9.17) is 10.5 Å². The predicted molar refractivity (Wildman–Crippen MR) is 111 cm³/mol. The smallest absolute Gasteiger partial charge is 0.249 e. The molecule has 3 N–H and O–H groups in total. The highest BCUT2D eigenvalue weighted by Gasteiger charge is 2.48. The Kier molecular flexibility index (Phi) is 5.99. The van der Waals surface area contributed by atoms with Gasteiger partial charge in [-0.1, -0.05) is 24.3 Å². The normalized spacial score (nSPS) is 18.8. The lowest BCUT2D eigenvalue weighted by atomic mass is 9.78. The van der Waals surface area contributed by atoms with Gasteiger partial charge in [-0.05, 0) is 36.9 Å². The zero-order valence-electron chi connectivity index (χ0n) is 17.2. The van der Waals surface area contributed by atoms with Gasteiger partial charge in [-0.2, -0.15) is 0 Å². The van der Waals surface area contributed by atoms with Crippen LogP contribution in [0.4, 0.5) is 0 Å². The molecule has 29 heavy (non-hydrogen) atoms. The Hall–Kier alpha value is -2.22. The Labute approximate surface area is 172 Å². The number of methoxy groups -OCH3 is 1. The molecule has 0 saturated carbocycles. The number of benzene rings is 1. The second kappa shape index (κ2) is 8.65. The largest absolute Gasteiger partial charge is 0.375 e. The van der Waals surface area contributed by atoms with Crippen molar-refractivity contribution in [3.63, 3.8) is 0 Å². The Bertz CT molecular complexity index is 824. The van der Waals surface area contributed by atoms with E-state index in [1.807, 2.05) is 4.90 Å². The summed E-state index contributed by atoms with van der Waals surface area (Å²) in [5.74, 6) is 0.0603. The van der Waals surface area contributed by atoms with Gasteiger partial charge in [0.25, 0.3) is 0 Å². The number of aromatic nitrogens is 2. The summed E-state index contributed by atoms with van der Waals surface area (Å²) in [4.78, 5) is 25.2. The molecule has 2 aromatic rings. The second-order valence-electron chi connectivity index (χ2n) is 8.12. The fourth-order valence-corrected chi connectivity index (χ4v) is 4.87. The van der Waals surface area contributed by atoms with Gasteiger partial charge < -0.3 is 20.4 Å². The highest BCUT2D eigenvalue weighted by molar-refractivity contribution is 5.79. The van der Waals surface area contributed by atoms with Crippen molar-refractivity contribution in [3.8, 4) is 0 Å². The van der Waals surface area contributed by atoms with Crippen LogP contribution >= 0.6 is 0 Å². The van der Waals surface area contributed by atoms with Gasteiger partial charge in [0.1, 0.15) is 6.61 Å². The number of amides is 1. The lowest BCUT2D eigenvalue weighted by molar-refractivity contribution is -0.146. The van der Waals surface area contributed by atoms with Gasteiger partial charge in [-0.15, -0.1) is 0 Å². The molecule has 1 saturated heterocycles. The van der Waals surface area contributed by atoms with E-state index < -0.39 is 0 Å². The quantitative estimate of drug-likeness (QED) is 0.770. The number of fused-ring (bicyclic) bond motifs is 2. The van der Waals surface area contributed by atoms with Crippen LogP contribution in [0.25, 0.3) is 0 Å². The number of imidazole rings is 1. The van der Waals surface area contributed by atoms with E-state index in [-0.39, 0.29) is 18.1 Å². The number of aromatic amines is 1. The van der Waals surface area contributed by atoms with Crippen LogP contribution in [0.2, 0.25) is 0 Å². The minimum absolute atomic E-state index is 0.0603. The minimum Gasteiger partial charge on any atom is -0.375 e. The molecule has 2 aliphatic rings. The molecule has 0 aliphatic carbocycles. The molecule has 7 heteroatoms. The van der Waals surface area contributed by atoms with E-state index >= 15 is 0 Å². The third-order valence-electron chi connectivity index (χ3n) is 6.38. The summed E-state index contributed by atoms with van der Waals surface area (Å²) in [6.45, 7) is 4.33. The molecule has 156 valence electrons. The molecule has 1 amide bonds. The molecular weight excluding hydrogens is 366 g/mol. The monoisotopic (exact) mass is 397 g/mol. The molecular formula is C22H31N5O2. The van der Waals surface area contributed by atoms with Crippen LogP contribution in [-0.2, 0) is 34.5 Å². The number of carbonyl (C=O) groups is 1. The van der Waals surface area contributed by atoms with Crippen molar-refractivity contribution in [2.24, 2.45) is 5.73 Å². The van der Waals surface area contributed by atoms with Crippen LogP contribution in [0.15, 0.2) is 30.6 Å². The van der Waals surface area contributed by atoms with Gasteiger partial charge in [0, 0.05) is 45.4 Å². The number of hydrogen-bond acceptors (Lipinski definition) is 5. The van der Waals surface area contributed by atoms with Crippen molar-refractivity contribution >= 4 is 5.91 Å². The van der Waals surface area contributed by atoms with Crippen molar-refractivity contribution in [2.75, 3.05) is 39.9 Å². The molecule has 1 fully saturated rings. The molecule has 0 atom stereocenters. The fourth-order valence-electron chi connectivity index (χ4n) is 4.87. The second-order valence-corrected chi connectivity index (χ2v) is 8.12. The number of nitrogens with two attached hydrogens (primary N) is 1. The summed E-state index contributed by atoms with van der Waals surface area (Å²) in [7, 11) is 1.58. The summed E-state index contributed by atoms with van der Waals surface area (Å²) in [5.41, 5.74) is 10.2. The van der Waals surface area contributed by atoms with Gasteiger partial charge in [0.2, 0.25) is 5.91 Å². The summed E-state index contributed by atoms with van der Waals surface area (Å²) >= 11 is 0. The van der Waals surface area contributed by atoms with Crippen LogP contribution in [0.3, 0.4) is 0 Å². The summed E-state index contributed by atoms with van der Waals surface area (Å²) in [5, 5.41) is 0. The van der Waals surface area contributed by atoms with Gasteiger partial charge in [-0.3, -0.25) is 9.69 Å². The van der Waals surface area contributed by atoms with E-state index in [2.05, 4.69) is 39.1 Å². The van der Waals surface area contributed by atoms with Gasteiger partial charge in [-0.25, -0.2) is 4.98 Å². The van der Waals surface area contributed by atoms with Crippen molar-refractivity contribution in [2.45, 2.75) is 37.8 Å². The Morgan fingerprint density at radius 1 is 1.21 bits per heavy atom. The number of nitrogens with zero attached hydrogens (tertiary/aromatic N) is 3. The van der Waals surface area contributed by atoms with E-state index in [1.54, 1.807) is 13.4 Å². The summed E-state index contributed by atoms with van der Waals surface area (Å²) < 4.78 is 5.15. The molecule has 1 aromatic carbocycles. The molecule has 4 rings (SSSR count). The molecule has 0 bridgehead atoms. The average Bonchev–Trinajstić information content (AvgIpc) is 3.22. The van der Waals surface area contributed by atoms with Crippen molar-refractivity contribution in [3.05, 3.63) is 53.1 Å². The Morgan fingerprint density at radius 2 is 1.93 bits per heavy atom. The average molecular weight is 398 g/mol. The van der Waals surface area contributed by atoms with Gasteiger partial charge in [0.05, 0.1) is 17.6 Å². The number of likely N-dealkylation sites (tertiary alicyclic amines) is 1.